The number of benzene rings is 1. The van der Waals surface area contributed by atoms with E-state index in [9.17, 15) is 9.18 Å². The lowest BCUT2D eigenvalue weighted by molar-refractivity contribution is 0.613. The SMILES string of the molecule is Cc1ccc(-n2c(=S)[nH]c3ccsc3c2=O)c(F)c1. The van der Waals surface area contributed by atoms with Gasteiger partial charge in [-0.15, -0.1) is 11.3 Å². The molecule has 1 N–H and O–H groups in total. The molecule has 2 aromatic heterocycles. The summed E-state index contributed by atoms with van der Waals surface area (Å²) >= 11 is 6.46. The predicted octanol–water partition coefficient (Wildman–Crippen LogP) is 3.56. The molecule has 19 heavy (non-hydrogen) atoms. The molecule has 0 aliphatic carbocycles. The van der Waals surface area contributed by atoms with Crippen LogP contribution in [0.1, 0.15) is 5.56 Å². The van der Waals surface area contributed by atoms with Crippen LogP contribution in [0.5, 0.6) is 0 Å². The van der Waals surface area contributed by atoms with E-state index >= 15 is 0 Å². The third-order valence-electron chi connectivity index (χ3n) is 2.85. The van der Waals surface area contributed by atoms with Crippen molar-refractivity contribution >= 4 is 33.8 Å². The molecule has 0 atom stereocenters. The van der Waals surface area contributed by atoms with Gasteiger partial charge in [-0.3, -0.25) is 4.79 Å². The van der Waals surface area contributed by atoms with Crippen molar-refractivity contribution < 1.29 is 4.39 Å². The molecule has 96 valence electrons. The highest BCUT2D eigenvalue weighted by Gasteiger charge is 2.12. The van der Waals surface area contributed by atoms with Gasteiger partial charge in [-0.25, -0.2) is 8.96 Å². The maximum atomic E-state index is 14.0. The van der Waals surface area contributed by atoms with Crippen molar-refractivity contribution in [3.05, 3.63) is 56.2 Å². The molecule has 0 amide bonds. The van der Waals surface area contributed by atoms with Crippen molar-refractivity contribution in [2.45, 2.75) is 6.92 Å². The Morgan fingerprint density at radius 1 is 1.37 bits per heavy atom. The van der Waals surface area contributed by atoms with Gasteiger partial charge in [0, 0.05) is 0 Å². The fourth-order valence-corrected chi connectivity index (χ4v) is 3.02. The Hall–Kier alpha value is -1.79. The van der Waals surface area contributed by atoms with Crippen LogP contribution in [-0.4, -0.2) is 9.55 Å². The number of fused-ring (bicyclic) bond motifs is 1. The molecule has 0 spiro atoms. The minimum absolute atomic E-state index is 0.173. The first-order valence-electron chi connectivity index (χ1n) is 5.57. The summed E-state index contributed by atoms with van der Waals surface area (Å²) < 4.78 is 15.9. The van der Waals surface area contributed by atoms with E-state index < -0.39 is 5.82 Å². The molecule has 0 radical (unpaired) electrons. The average Bonchev–Trinajstić information content (AvgIpc) is 2.80. The van der Waals surface area contributed by atoms with E-state index in [4.69, 9.17) is 12.2 Å². The monoisotopic (exact) mass is 292 g/mol. The number of nitrogens with zero attached hydrogens (tertiary/aromatic N) is 1. The summed E-state index contributed by atoms with van der Waals surface area (Å²) in [5.41, 5.74) is 1.36. The lowest BCUT2D eigenvalue weighted by Gasteiger charge is -2.08. The largest absolute Gasteiger partial charge is 0.331 e. The first-order chi connectivity index (χ1) is 9.08. The van der Waals surface area contributed by atoms with E-state index in [1.54, 1.807) is 30.5 Å². The van der Waals surface area contributed by atoms with Crippen molar-refractivity contribution in [2.24, 2.45) is 0 Å². The maximum absolute atomic E-state index is 14.0. The molecular formula is C13H9FN2OS2. The van der Waals surface area contributed by atoms with Crippen LogP contribution in [-0.2, 0) is 0 Å². The lowest BCUT2D eigenvalue weighted by atomic mass is 10.2. The van der Waals surface area contributed by atoms with E-state index in [2.05, 4.69) is 4.98 Å². The van der Waals surface area contributed by atoms with E-state index in [0.29, 0.717) is 10.2 Å². The Labute approximate surface area is 117 Å². The summed E-state index contributed by atoms with van der Waals surface area (Å²) in [6, 6.07) is 6.48. The van der Waals surface area contributed by atoms with Crippen LogP contribution in [0.2, 0.25) is 0 Å². The Morgan fingerprint density at radius 3 is 2.89 bits per heavy atom. The lowest BCUT2D eigenvalue weighted by Crippen LogP contribution is -2.20. The smallest absolute Gasteiger partial charge is 0.276 e. The Balaban J connectivity index is 2.42. The minimum Gasteiger partial charge on any atom is -0.331 e. The normalized spacial score (nSPS) is 11.1. The first-order valence-corrected chi connectivity index (χ1v) is 6.86. The Kier molecular flexibility index (Phi) is 2.83. The van der Waals surface area contributed by atoms with Crippen LogP contribution in [0.3, 0.4) is 0 Å². The maximum Gasteiger partial charge on any atom is 0.276 e. The number of aryl methyl sites for hydroxylation is 1. The van der Waals surface area contributed by atoms with Gasteiger partial charge in [0.05, 0.1) is 11.2 Å². The average molecular weight is 292 g/mol. The zero-order valence-electron chi connectivity index (χ0n) is 9.94. The van der Waals surface area contributed by atoms with Crippen LogP contribution in [0, 0.1) is 17.5 Å². The van der Waals surface area contributed by atoms with E-state index in [1.165, 1.54) is 22.0 Å². The van der Waals surface area contributed by atoms with Crippen molar-refractivity contribution in [3.63, 3.8) is 0 Å². The van der Waals surface area contributed by atoms with Gasteiger partial charge in [0.15, 0.2) is 4.77 Å². The van der Waals surface area contributed by atoms with Crippen LogP contribution in [0.25, 0.3) is 15.9 Å². The van der Waals surface area contributed by atoms with Gasteiger partial charge in [-0.1, -0.05) is 6.07 Å². The zero-order chi connectivity index (χ0) is 13.6. The van der Waals surface area contributed by atoms with Crippen molar-refractivity contribution in [3.8, 4) is 5.69 Å². The first kappa shape index (κ1) is 12.3. The minimum atomic E-state index is -0.461. The highest BCUT2D eigenvalue weighted by atomic mass is 32.1. The van der Waals surface area contributed by atoms with Gasteiger partial charge in [0.2, 0.25) is 0 Å². The molecule has 0 fully saturated rings. The summed E-state index contributed by atoms with van der Waals surface area (Å²) in [5, 5.41) is 1.80. The summed E-state index contributed by atoms with van der Waals surface area (Å²) in [5.74, 6) is -0.461. The van der Waals surface area contributed by atoms with Gasteiger partial charge < -0.3 is 4.98 Å². The number of aromatic amines is 1. The number of hydrogen-bond acceptors (Lipinski definition) is 3. The molecule has 3 aromatic rings. The summed E-state index contributed by atoms with van der Waals surface area (Å²) in [4.78, 5) is 15.3. The third kappa shape index (κ3) is 1.93. The molecule has 0 saturated heterocycles. The second-order valence-electron chi connectivity index (χ2n) is 4.19. The second kappa shape index (κ2) is 4.40. The molecule has 3 rings (SSSR count). The molecule has 0 aliphatic rings. The summed E-state index contributed by atoms with van der Waals surface area (Å²) in [6.45, 7) is 1.79. The van der Waals surface area contributed by atoms with Crippen LogP contribution >= 0.6 is 23.6 Å². The topological polar surface area (TPSA) is 37.8 Å². The van der Waals surface area contributed by atoms with Crippen molar-refractivity contribution in [1.82, 2.24) is 9.55 Å². The molecule has 0 unspecified atom stereocenters. The highest BCUT2D eigenvalue weighted by Crippen LogP contribution is 2.18. The van der Waals surface area contributed by atoms with Crippen LogP contribution < -0.4 is 5.56 Å². The van der Waals surface area contributed by atoms with Gasteiger partial charge in [-0.2, -0.15) is 0 Å². The number of H-pyrrole nitrogens is 1. The predicted molar refractivity (Wildman–Crippen MR) is 77.3 cm³/mol. The van der Waals surface area contributed by atoms with Gasteiger partial charge in [0.1, 0.15) is 10.5 Å². The Morgan fingerprint density at radius 2 is 2.16 bits per heavy atom. The fourth-order valence-electron chi connectivity index (χ4n) is 1.95. The summed E-state index contributed by atoms with van der Waals surface area (Å²) in [6.07, 6.45) is 0. The quantitative estimate of drug-likeness (QED) is 0.696. The van der Waals surface area contributed by atoms with E-state index in [1.807, 2.05) is 0 Å². The number of rotatable bonds is 1. The molecule has 3 nitrogen and oxygen atoms in total. The van der Waals surface area contributed by atoms with Crippen molar-refractivity contribution in [1.29, 1.82) is 0 Å². The molecule has 0 saturated carbocycles. The number of aromatic nitrogens is 2. The number of nitrogens with one attached hydrogen (secondary N) is 1. The van der Waals surface area contributed by atoms with E-state index in [-0.39, 0.29) is 16.0 Å². The molecule has 1 aromatic carbocycles. The van der Waals surface area contributed by atoms with Crippen LogP contribution in [0.4, 0.5) is 4.39 Å². The molecular weight excluding hydrogens is 283 g/mol. The fraction of sp³-hybridized carbons (Fsp3) is 0.0769. The van der Waals surface area contributed by atoms with Gasteiger partial charge in [-0.05, 0) is 48.3 Å². The zero-order valence-corrected chi connectivity index (χ0v) is 11.6. The molecule has 2 heterocycles. The third-order valence-corrected chi connectivity index (χ3v) is 4.04. The highest BCUT2D eigenvalue weighted by molar-refractivity contribution is 7.71. The van der Waals surface area contributed by atoms with E-state index in [0.717, 1.165) is 5.56 Å². The molecule has 6 heteroatoms. The van der Waals surface area contributed by atoms with Gasteiger partial charge >= 0.3 is 0 Å². The molecule has 0 aliphatic heterocycles. The number of thiophene rings is 1. The second-order valence-corrected chi connectivity index (χ2v) is 5.49. The van der Waals surface area contributed by atoms with Crippen LogP contribution in [0.15, 0.2) is 34.4 Å². The Bertz CT molecular complexity index is 892. The van der Waals surface area contributed by atoms with Crippen molar-refractivity contribution in [2.75, 3.05) is 0 Å². The standard InChI is InChI=1S/C13H9FN2OS2/c1-7-2-3-10(8(14)6-7)16-12(17)11-9(4-5-19-11)15-13(16)18/h2-6H,1H3,(H,15,18). The number of halogens is 1. The van der Waals surface area contributed by atoms with Gasteiger partial charge in [0.25, 0.3) is 5.56 Å². The number of hydrogen-bond donors (Lipinski definition) is 1. The molecule has 0 bridgehead atoms. The summed E-state index contributed by atoms with van der Waals surface area (Å²) in [7, 11) is 0.